The molecule has 0 saturated carbocycles. The van der Waals surface area contributed by atoms with Gasteiger partial charge in [-0.05, 0) is 49.1 Å². The first-order valence-corrected chi connectivity index (χ1v) is 10.8. The third kappa shape index (κ3) is 2.34. The minimum atomic E-state index is 0.930. The highest BCUT2D eigenvalue weighted by molar-refractivity contribution is 7.25. The molecule has 0 fully saturated rings. The van der Waals surface area contributed by atoms with Crippen LogP contribution in [-0.4, -0.2) is 4.98 Å². The Bertz CT molecular complexity index is 1440. The van der Waals surface area contributed by atoms with Gasteiger partial charge in [-0.2, -0.15) is 4.57 Å². The summed E-state index contributed by atoms with van der Waals surface area (Å²) in [6.45, 7) is 7.49. The number of benzene rings is 2. The predicted molar refractivity (Wildman–Crippen MR) is 122 cm³/mol. The van der Waals surface area contributed by atoms with Crippen molar-refractivity contribution in [2.45, 2.75) is 27.3 Å². The molecular formula is C26H21N2S+. The van der Waals surface area contributed by atoms with E-state index in [0.717, 1.165) is 17.1 Å². The zero-order valence-corrected chi connectivity index (χ0v) is 17.6. The number of pyridine rings is 2. The number of aromatic nitrogens is 2. The fourth-order valence-electron chi connectivity index (χ4n) is 4.80. The van der Waals surface area contributed by atoms with Crippen molar-refractivity contribution in [3.05, 3.63) is 83.0 Å². The lowest BCUT2D eigenvalue weighted by atomic mass is 9.98. The van der Waals surface area contributed by atoms with E-state index in [2.05, 4.69) is 86.1 Å². The lowest BCUT2D eigenvalue weighted by Gasteiger charge is -2.09. The second-order valence-corrected chi connectivity index (χ2v) is 9.06. The first kappa shape index (κ1) is 16.9. The van der Waals surface area contributed by atoms with E-state index in [4.69, 9.17) is 4.98 Å². The van der Waals surface area contributed by atoms with Crippen LogP contribution in [0.1, 0.15) is 22.3 Å². The molecule has 140 valence electrons. The summed E-state index contributed by atoms with van der Waals surface area (Å²) in [7, 11) is 0. The normalized spacial score (nSPS) is 12.5. The molecule has 0 atom stereocenters. The van der Waals surface area contributed by atoms with Gasteiger partial charge in [0, 0.05) is 22.8 Å². The van der Waals surface area contributed by atoms with Crippen molar-refractivity contribution in [1.29, 1.82) is 0 Å². The quantitative estimate of drug-likeness (QED) is 0.313. The molecule has 3 aromatic heterocycles. The maximum atomic E-state index is 5.16. The molecule has 4 heterocycles. The molecule has 2 nitrogen and oxygen atoms in total. The van der Waals surface area contributed by atoms with E-state index in [1.54, 1.807) is 0 Å². The minimum absolute atomic E-state index is 0.930. The zero-order chi connectivity index (χ0) is 19.7. The summed E-state index contributed by atoms with van der Waals surface area (Å²) in [5.74, 6) is 0. The number of rotatable bonds is 2. The van der Waals surface area contributed by atoms with Crippen molar-refractivity contribution in [1.82, 2.24) is 4.98 Å². The van der Waals surface area contributed by atoms with E-state index in [9.17, 15) is 0 Å². The smallest absolute Gasteiger partial charge is 0.234 e. The number of thiophene rings is 1. The van der Waals surface area contributed by atoms with Gasteiger partial charge in [-0.25, -0.2) is 4.98 Å². The molecule has 0 bridgehead atoms. The Labute approximate surface area is 174 Å². The molecule has 2 aromatic carbocycles. The van der Waals surface area contributed by atoms with Crippen molar-refractivity contribution in [2.75, 3.05) is 0 Å². The largest absolute Gasteiger partial charge is 0.237 e. The molecule has 0 unspecified atom stereocenters. The van der Waals surface area contributed by atoms with Gasteiger partial charge in [-0.15, -0.1) is 11.3 Å². The van der Waals surface area contributed by atoms with Gasteiger partial charge in [-0.3, -0.25) is 0 Å². The van der Waals surface area contributed by atoms with Gasteiger partial charge in [0.15, 0.2) is 12.7 Å². The number of nitrogens with zero attached hydrogens (tertiary/aromatic N) is 2. The first-order chi connectivity index (χ1) is 14.1. The van der Waals surface area contributed by atoms with Crippen molar-refractivity contribution >= 4 is 31.8 Å². The van der Waals surface area contributed by atoms with E-state index < -0.39 is 0 Å². The van der Waals surface area contributed by atoms with E-state index in [1.165, 1.54) is 54.5 Å². The van der Waals surface area contributed by atoms with Crippen molar-refractivity contribution in [2.24, 2.45) is 0 Å². The minimum Gasteiger partial charge on any atom is -0.237 e. The zero-order valence-electron chi connectivity index (χ0n) is 16.8. The molecule has 0 aliphatic carbocycles. The molecule has 29 heavy (non-hydrogen) atoms. The van der Waals surface area contributed by atoms with Gasteiger partial charge in [-0.1, -0.05) is 42.5 Å². The lowest BCUT2D eigenvalue weighted by Crippen LogP contribution is -2.30. The van der Waals surface area contributed by atoms with Crippen LogP contribution in [0.3, 0.4) is 0 Å². The number of hydrogen-bond donors (Lipinski definition) is 0. The van der Waals surface area contributed by atoms with E-state index in [-0.39, 0.29) is 0 Å². The van der Waals surface area contributed by atoms with Crippen molar-refractivity contribution < 1.29 is 4.57 Å². The van der Waals surface area contributed by atoms with Crippen LogP contribution < -0.4 is 4.57 Å². The Morgan fingerprint density at radius 3 is 2.41 bits per heavy atom. The summed E-state index contributed by atoms with van der Waals surface area (Å²) < 4.78 is 3.74. The molecule has 0 N–H and O–H groups in total. The van der Waals surface area contributed by atoms with Gasteiger partial charge >= 0.3 is 0 Å². The lowest BCUT2D eigenvalue weighted by molar-refractivity contribution is -0.657. The summed E-state index contributed by atoms with van der Waals surface area (Å²) >= 11 is 1.84. The van der Waals surface area contributed by atoms with Gasteiger partial charge in [0.05, 0.1) is 11.1 Å². The van der Waals surface area contributed by atoms with Gasteiger partial charge < -0.3 is 0 Å². The van der Waals surface area contributed by atoms with Crippen LogP contribution in [0.4, 0.5) is 0 Å². The monoisotopic (exact) mass is 393 g/mol. The summed E-state index contributed by atoms with van der Waals surface area (Å²) in [5, 5.41) is 1.34. The second kappa shape index (κ2) is 5.98. The van der Waals surface area contributed by atoms with E-state index >= 15 is 0 Å². The summed E-state index contributed by atoms with van der Waals surface area (Å²) in [6.07, 6.45) is 2.24. The molecule has 0 amide bonds. The van der Waals surface area contributed by atoms with Crippen LogP contribution in [0.25, 0.3) is 42.8 Å². The van der Waals surface area contributed by atoms with Crippen LogP contribution in [0.2, 0.25) is 0 Å². The summed E-state index contributed by atoms with van der Waals surface area (Å²) in [4.78, 5) is 6.32. The predicted octanol–water partition coefficient (Wildman–Crippen LogP) is 6.36. The average molecular weight is 394 g/mol. The molecule has 6 rings (SSSR count). The summed E-state index contributed by atoms with van der Waals surface area (Å²) in [6, 6.07) is 19.7. The third-order valence-corrected chi connectivity index (χ3v) is 7.29. The Hall–Kier alpha value is -3.04. The van der Waals surface area contributed by atoms with Gasteiger partial charge in [0.1, 0.15) is 9.53 Å². The molecule has 0 saturated heterocycles. The average Bonchev–Trinajstić information content (AvgIpc) is 3.27. The molecule has 1 aliphatic rings. The van der Waals surface area contributed by atoms with Crippen molar-refractivity contribution in [3.63, 3.8) is 0 Å². The fourth-order valence-corrected chi connectivity index (χ4v) is 6.07. The molecule has 1 aliphatic heterocycles. The molecule has 5 aromatic rings. The highest BCUT2D eigenvalue weighted by atomic mass is 32.1. The van der Waals surface area contributed by atoms with Crippen LogP contribution in [-0.2, 0) is 6.54 Å². The van der Waals surface area contributed by atoms with Crippen molar-refractivity contribution in [3.8, 4) is 22.4 Å². The van der Waals surface area contributed by atoms with Crippen LogP contribution >= 0.6 is 11.3 Å². The highest BCUT2D eigenvalue weighted by Crippen LogP contribution is 2.43. The number of aryl methyl sites for hydroxylation is 3. The standard InChI is InChI=1S/C26H21N2S/c1-15-7-4-5-10-19(15)20-11-12-28-14-18-13-21(22-16(2)8-6-9-17(22)3)27-26-23(18)24(28)25(20)29-26/h4-13H,14H2,1-3H3/q+1. The Kier molecular flexibility index (Phi) is 3.48. The van der Waals surface area contributed by atoms with Gasteiger partial charge in [0.2, 0.25) is 5.52 Å². The van der Waals surface area contributed by atoms with E-state index in [1.807, 2.05) is 11.3 Å². The fraction of sp³-hybridized carbons (Fsp3) is 0.154. The SMILES string of the molecule is Cc1ccccc1-c1cc[n+]2c3c1sc1nc(-c4c(C)cccc4C)cc(c13)C2. The Morgan fingerprint density at radius 1 is 0.862 bits per heavy atom. The van der Waals surface area contributed by atoms with Crippen LogP contribution in [0.15, 0.2) is 60.8 Å². The highest BCUT2D eigenvalue weighted by Gasteiger charge is 2.30. The molecular weight excluding hydrogens is 372 g/mol. The topological polar surface area (TPSA) is 16.8 Å². The maximum absolute atomic E-state index is 5.16. The Morgan fingerprint density at radius 2 is 1.62 bits per heavy atom. The van der Waals surface area contributed by atoms with Crippen LogP contribution in [0, 0.1) is 20.8 Å². The number of hydrogen-bond acceptors (Lipinski definition) is 2. The summed E-state index contributed by atoms with van der Waals surface area (Å²) in [5.41, 5.74) is 11.6. The van der Waals surface area contributed by atoms with Crippen LogP contribution in [0.5, 0.6) is 0 Å². The molecule has 3 heteroatoms. The Balaban J connectivity index is 1.67. The molecule has 0 spiro atoms. The van der Waals surface area contributed by atoms with E-state index in [0.29, 0.717) is 0 Å². The maximum Gasteiger partial charge on any atom is 0.234 e. The molecule has 0 radical (unpaired) electrons. The second-order valence-electron chi connectivity index (χ2n) is 8.07. The third-order valence-electron chi connectivity index (χ3n) is 6.18. The van der Waals surface area contributed by atoms with Gasteiger partial charge in [0.25, 0.3) is 0 Å². The first-order valence-electron chi connectivity index (χ1n) is 10.0.